The first kappa shape index (κ1) is 17.6. The van der Waals surface area contributed by atoms with Crippen LogP contribution in [0.1, 0.15) is 23.0 Å². The van der Waals surface area contributed by atoms with E-state index in [-0.39, 0.29) is 11.9 Å². The van der Waals surface area contributed by atoms with Gasteiger partial charge in [-0.1, -0.05) is 23.7 Å². The lowest BCUT2D eigenvalue weighted by Gasteiger charge is -2.13. The van der Waals surface area contributed by atoms with Crippen molar-refractivity contribution in [2.75, 3.05) is 0 Å². The fourth-order valence-electron chi connectivity index (χ4n) is 2.50. The first-order chi connectivity index (χ1) is 12.6. The molecule has 2 aromatic heterocycles. The predicted molar refractivity (Wildman–Crippen MR) is 98.6 cm³/mol. The molecule has 0 aliphatic rings. The zero-order chi connectivity index (χ0) is 18.5. The number of hydrogen-bond acceptors (Lipinski definition) is 4. The van der Waals surface area contributed by atoms with Gasteiger partial charge in [0.1, 0.15) is 11.8 Å². The van der Waals surface area contributed by atoms with Crippen LogP contribution in [0.3, 0.4) is 0 Å². The number of pyridine rings is 1. The molecule has 0 radical (unpaired) electrons. The summed E-state index contributed by atoms with van der Waals surface area (Å²) < 4.78 is 1.75. The summed E-state index contributed by atoms with van der Waals surface area (Å²) in [5, 5.41) is 16.7. The van der Waals surface area contributed by atoms with Gasteiger partial charge in [0.2, 0.25) is 0 Å². The van der Waals surface area contributed by atoms with Crippen LogP contribution in [0.25, 0.3) is 11.3 Å². The molecule has 0 fully saturated rings. The molecule has 0 spiro atoms. The molecule has 2 heterocycles. The van der Waals surface area contributed by atoms with Crippen molar-refractivity contribution in [3.8, 4) is 17.3 Å². The van der Waals surface area contributed by atoms with E-state index in [0.717, 1.165) is 11.3 Å². The molecular formula is C19H16ClN5O. The molecule has 7 heteroatoms. The Morgan fingerprint density at radius 1 is 1.35 bits per heavy atom. The van der Waals surface area contributed by atoms with E-state index in [1.807, 2.05) is 31.3 Å². The number of benzene rings is 1. The number of aromatic nitrogens is 3. The van der Waals surface area contributed by atoms with Crippen LogP contribution < -0.4 is 5.32 Å². The van der Waals surface area contributed by atoms with Gasteiger partial charge in [0.05, 0.1) is 22.8 Å². The minimum atomic E-state index is -0.218. The molecule has 0 bridgehead atoms. The first-order valence-electron chi connectivity index (χ1n) is 8.02. The minimum absolute atomic E-state index is 0.123. The second-order valence-corrected chi connectivity index (χ2v) is 6.23. The lowest BCUT2D eigenvalue weighted by molar-refractivity contribution is 0.0931. The molecule has 1 atom stereocenters. The number of halogens is 1. The number of nitriles is 1. The highest BCUT2D eigenvalue weighted by molar-refractivity contribution is 6.32. The van der Waals surface area contributed by atoms with Crippen LogP contribution in [0, 0.1) is 11.3 Å². The van der Waals surface area contributed by atoms with Crippen LogP contribution in [0.5, 0.6) is 0 Å². The Bertz CT molecular complexity index is 962. The van der Waals surface area contributed by atoms with E-state index < -0.39 is 0 Å². The van der Waals surface area contributed by atoms with Crippen molar-refractivity contribution >= 4 is 17.5 Å². The van der Waals surface area contributed by atoms with Gasteiger partial charge in [-0.2, -0.15) is 10.4 Å². The molecule has 1 N–H and O–H groups in total. The monoisotopic (exact) mass is 365 g/mol. The van der Waals surface area contributed by atoms with Crippen molar-refractivity contribution in [1.82, 2.24) is 20.1 Å². The van der Waals surface area contributed by atoms with Crippen LogP contribution in [-0.2, 0) is 6.54 Å². The van der Waals surface area contributed by atoms with Crippen molar-refractivity contribution in [3.63, 3.8) is 0 Å². The maximum atomic E-state index is 12.1. The van der Waals surface area contributed by atoms with Gasteiger partial charge in [-0.25, -0.2) is 0 Å². The summed E-state index contributed by atoms with van der Waals surface area (Å²) in [7, 11) is 0. The lowest BCUT2D eigenvalue weighted by atomic mass is 10.1. The number of nitrogens with one attached hydrogen (secondary N) is 1. The molecule has 3 rings (SSSR count). The third kappa shape index (κ3) is 4.08. The number of amides is 1. The van der Waals surface area contributed by atoms with Crippen LogP contribution in [-0.4, -0.2) is 26.7 Å². The lowest BCUT2D eigenvalue weighted by Crippen LogP contribution is -2.36. The molecular weight excluding hydrogens is 350 g/mol. The summed E-state index contributed by atoms with van der Waals surface area (Å²) in [5.74, 6) is -0.218. The smallest absolute Gasteiger partial charge is 0.270 e. The molecule has 0 aliphatic carbocycles. The predicted octanol–water partition coefficient (Wildman–Crippen LogP) is 3.29. The largest absolute Gasteiger partial charge is 0.346 e. The summed E-state index contributed by atoms with van der Waals surface area (Å²) >= 11 is 6.08. The van der Waals surface area contributed by atoms with E-state index in [9.17, 15) is 4.79 Å². The summed E-state index contributed by atoms with van der Waals surface area (Å²) in [4.78, 5) is 16.2. The van der Waals surface area contributed by atoms with Gasteiger partial charge in [0.15, 0.2) is 0 Å². The van der Waals surface area contributed by atoms with Crippen LogP contribution >= 0.6 is 11.6 Å². The summed E-state index contributed by atoms with van der Waals surface area (Å²) in [6, 6.07) is 14.2. The zero-order valence-electron chi connectivity index (χ0n) is 14.1. The normalized spacial score (nSPS) is 11.6. The molecule has 3 aromatic rings. The third-order valence-electron chi connectivity index (χ3n) is 3.76. The maximum Gasteiger partial charge on any atom is 0.270 e. The SMILES string of the molecule is CC(Cn1ccc(-c2ccc(C#N)c(Cl)c2)n1)NC(=O)c1ccccn1. The van der Waals surface area contributed by atoms with Crippen molar-refractivity contribution in [2.24, 2.45) is 0 Å². The fraction of sp³-hybridized carbons (Fsp3) is 0.158. The molecule has 1 amide bonds. The number of rotatable bonds is 5. The molecule has 130 valence electrons. The number of hydrogen-bond donors (Lipinski definition) is 1. The molecule has 26 heavy (non-hydrogen) atoms. The van der Waals surface area contributed by atoms with E-state index in [2.05, 4.69) is 15.4 Å². The highest BCUT2D eigenvalue weighted by Gasteiger charge is 2.12. The van der Waals surface area contributed by atoms with Crippen molar-refractivity contribution < 1.29 is 4.79 Å². The van der Waals surface area contributed by atoms with Gasteiger partial charge in [-0.05, 0) is 37.3 Å². The average molecular weight is 366 g/mol. The van der Waals surface area contributed by atoms with E-state index in [1.54, 1.807) is 41.2 Å². The van der Waals surface area contributed by atoms with E-state index in [0.29, 0.717) is 22.8 Å². The van der Waals surface area contributed by atoms with Crippen molar-refractivity contribution in [3.05, 3.63) is 71.1 Å². The maximum absolute atomic E-state index is 12.1. The Labute approximate surface area is 156 Å². The van der Waals surface area contributed by atoms with E-state index in [1.165, 1.54) is 0 Å². The van der Waals surface area contributed by atoms with Crippen LogP contribution in [0.2, 0.25) is 5.02 Å². The van der Waals surface area contributed by atoms with Gasteiger partial charge in [0, 0.05) is 24.0 Å². The summed E-state index contributed by atoms with van der Waals surface area (Å²) in [6.07, 6.45) is 3.42. The Morgan fingerprint density at radius 2 is 2.19 bits per heavy atom. The molecule has 1 unspecified atom stereocenters. The quantitative estimate of drug-likeness (QED) is 0.752. The Kier molecular flexibility index (Phi) is 5.30. The highest BCUT2D eigenvalue weighted by Crippen LogP contribution is 2.24. The van der Waals surface area contributed by atoms with Crippen LogP contribution in [0.15, 0.2) is 54.9 Å². The van der Waals surface area contributed by atoms with Crippen LogP contribution in [0.4, 0.5) is 0 Å². The first-order valence-corrected chi connectivity index (χ1v) is 8.40. The van der Waals surface area contributed by atoms with E-state index in [4.69, 9.17) is 16.9 Å². The number of nitrogens with zero attached hydrogens (tertiary/aromatic N) is 4. The van der Waals surface area contributed by atoms with Gasteiger partial charge in [-0.15, -0.1) is 0 Å². The highest BCUT2D eigenvalue weighted by atomic mass is 35.5. The number of carbonyl (C=O) groups excluding carboxylic acids is 1. The van der Waals surface area contributed by atoms with Gasteiger partial charge in [-0.3, -0.25) is 14.5 Å². The van der Waals surface area contributed by atoms with E-state index >= 15 is 0 Å². The Balaban J connectivity index is 1.66. The second kappa shape index (κ2) is 7.81. The molecule has 0 aliphatic heterocycles. The average Bonchev–Trinajstić information content (AvgIpc) is 3.10. The molecule has 6 nitrogen and oxygen atoms in total. The second-order valence-electron chi connectivity index (χ2n) is 5.82. The van der Waals surface area contributed by atoms with Gasteiger partial charge < -0.3 is 5.32 Å². The number of carbonyl (C=O) groups is 1. The summed E-state index contributed by atoms with van der Waals surface area (Å²) in [5.41, 5.74) is 2.39. The Morgan fingerprint density at radius 3 is 2.88 bits per heavy atom. The third-order valence-corrected chi connectivity index (χ3v) is 4.07. The Hall–Kier alpha value is -3.17. The molecule has 0 saturated heterocycles. The standard InChI is InChI=1S/C19H16ClN5O/c1-13(23-19(26)18-4-2-3-8-22-18)12-25-9-7-17(24-25)14-5-6-15(11-21)16(20)10-14/h2-10,13H,12H2,1H3,(H,23,26). The van der Waals surface area contributed by atoms with Gasteiger partial charge >= 0.3 is 0 Å². The van der Waals surface area contributed by atoms with Gasteiger partial charge in [0.25, 0.3) is 5.91 Å². The molecule has 1 aromatic carbocycles. The molecule has 0 saturated carbocycles. The zero-order valence-corrected chi connectivity index (χ0v) is 14.8. The van der Waals surface area contributed by atoms with Crippen molar-refractivity contribution in [1.29, 1.82) is 5.26 Å². The minimum Gasteiger partial charge on any atom is -0.346 e. The fourth-order valence-corrected chi connectivity index (χ4v) is 2.73. The summed E-state index contributed by atoms with van der Waals surface area (Å²) in [6.45, 7) is 2.42. The topological polar surface area (TPSA) is 83.6 Å². The van der Waals surface area contributed by atoms with Crippen molar-refractivity contribution in [2.45, 2.75) is 19.5 Å².